The molecule has 35 heavy (non-hydrogen) atoms. The zero-order chi connectivity index (χ0) is 24.9. The van der Waals surface area contributed by atoms with E-state index >= 15 is 0 Å². The minimum absolute atomic E-state index is 0.0282. The number of halogens is 1. The van der Waals surface area contributed by atoms with E-state index in [9.17, 15) is 14.4 Å². The average molecular weight is 501 g/mol. The van der Waals surface area contributed by atoms with Crippen molar-refractivity contribution in [2.45, 2.75) is 57.5 Å². The van der Waals surface area contributed by atoms with Crippen molar-refractivity contribution in [3.8, 4) is 11.8 Å². The highest BCUT2D eigenvalue weighted by molar-refractivity contribution is 6.30. The van der Waals surface area contributed by atoms with Crippen molar-refractivity contribution in [2.75, 3.05) is 23.4 Å². The number of fused-ring (bicyclic) bond motifs is 1. The largest absolute Gasteiger partial charge is 0.396 e. The number of Topliss-reactive ketones (excluding diaryl/α,β-unsaturated/α-hetero) is 1. The summed E-state index contributed by atoms with van der Waals surface area (Å²) in [5.41, 5.74) is 0.347. The van der Waals surface area contributed by atoms with Gasteiger partial charge in [-0.25, -0.2) is 4.79 Å². The van der Waals surface area contributed by atoms with Gasteiger partial charge in [-0.2, -0.15) is 0 Å². The molecule has 0 amide bonds. The van der Waals surface area contributed by atoms with Crippen LogP contribution in [0.5, 0.6) is 0 Å². The van der Waals surface area contributed by atoms with Gasteiger partial charge in [0.25, 0.3) is 5.56 Å². The molecule has 1 unspecified atom stereocenters. The molecule has 2 N–H and O–H groups in total. The number of ether oxygens (including phenoxy) is 1. The maximum Gasteiger partial charge on any atom is 0.332 e. The van der Waals surface area contributed by atoms with Crippen LogP contribution in [0.4, 0.5) is 11.5 Å². The van der Waals surface area contributed by atoms with Crippen LogP contribution in [-0.2, 0) is 29.7 Å². The van der Waals surface area contributed by atoms with Crippen LogP contribution in [-0.4, -0.2) is 45.5 Å². The molecule has 1 aliphatic heterocycles. The Labute approximate surface area is 208 Å². The Morgan fingerprint density at radius 3 is 2.57 bits per heavy atom. The van der Waals surface area contributed by atoms with Crippen molar-refractivity contribution < 1.29 is 14.6 Å². The highest BCUT2D eigenvalue weighted by atomic mass is 35.5. The second-order valence-electron chi connectivity index (χ2n) is 8.75. The van der Waals surface area contributed by atoms with Crippen LogP contribution in [0.25, 0.3) is 0 Å². The molecule has 9 nitrogen and oxygen atoms in total. The lowest BCUT2D eigenvalue weighted by atomic mass is 9.97. The highest BCUT2D eigenvalue weighted by Gasteiger charge is 2.34. The summed E-state index contributed by atoms with van der Waals surface area (Å²) in [6, 6.07) is 7.35. The highest BCUT2D eigenvalue weighted by Crippen LogP contribution is 2.31. The van der Waals surface area contributed by atoms with E-state index in [-0.39, 0.29) is 31.6 Å². The summed E-state index contributed by atoms with van der Waals surface area (Å²) in [5, 5.41) is 13.0. The number of ketones is 1. The molecule has 2 aliphatic rings. The smallest absolute Gasteiger partial charge is 0.332 e. The predicted molar refractivity (Wildman–Crippen MR) is 134 cm³/mol. The number of aliphatic hydroxyl groups excluding tert-OH is 1. The molecule has 2 aromatic rings. The van der Waals surface area contributed by atoms with Crippen molar-refractivity contribution in [2.24, 2.45) is 7.05 Å². The van der Waals surface area contributed by atoms with Gasteiger partial charge in [0.1, 0.15) is 23.9 Å². The number of hydrogen-bond acceptors (Lipinski definition) is 7. The minimum Gasteiger partial charge on any atom is -0.396 e. The topological polar surface area (TPSA) is 106 Å². The fourth-order valence-electron chi connectivity index (χ4n) is 4.43. The van der Waals surface area contributed by atoms with Crippen LogP contribution in [0.15, 0.2) is 33.9 Å². The number of anilines is 2. The third-order valence-electron chi connectivity index (χ3n) is 6.31. The molecule has 1 fully saturated rings. The third-order valence-corrected chi connectivity index (χ3v) is 6.56. The fraction of sp³-hybridized carbons (Fsp3) is 0.480. The molecule has 0 spiro atoms. The van der Waals surface area contributed by atoms with E-state index in [4.69, 9.17) is 21.4 Å². The third kappa shape index (κ3) is 5.61. The standard InChI is InChI=1S/C25H29ClN4O5/c1-28-23-22(24(33)29(25(28)34)13-3-14-31)27-21(30(23)16-17-5-7-18(26)8-6-17)4-2-15-35-20-11-9-19(32)10-12-20/h5-8,20-21,27,31H,3,9-16H2,1H3. The van der Waals surface area contributed by atoms with E-state index < -0.39 is 17.4 Å². The van der Waals surface area contributed by atoms with Crippen LogP contribution in [0.3, 0.4) is 0 Å². The van der Waals surface area contributed by atoms with Gasteiger partial charge in [0.2, 0.25) is 0 Å². The number of carbonyl (C=O) groups is 1. The second kappa shape index (κ2) is 11.1. The van der Waals surface area contributed by atoms with Crippen molar-refractivity contribution in [3.05, 3.63) is 55.7 Å². The van der Waals surface area contributed by atoms with E-state index in [2.05, 4.69) is 17.2 Å². The SMILES string of the molecule is Cn1c2c(c(=O)n(CCCO)c1=O)NC(C#CCOC1CCC(=O)CC1)N2Cc1ccc(Cl)cc1. The molecule has 4 rings (SSSR count). The molecule has 0 saturated heterocycles. The Bertz CT molecular complexity index is 1250. The first kappa shape index (κ1) is 25.0. The Balaban J connectivity index is 1.61. The van der Waals surface area contributed by atoms with E-state index in [1.807, 2.05) is 17.0 Å². The Morgan fingerprint density at radius 1 is 1.17 bits per heavy atom. The summed E-state index contributed by atoms with van der Waals surface area (Å²) in [6.07, 6.45) is 2.30. The first-order valence-electron chi connectivity index (χ1n) is 11.7. The monoisotopic (exact) mass is 500 g/mol. The summed E-state index contributed by atoms with van der Waals surface area (Å²) >= 11 is 6.03. The maximum absolute atomic E-state index is 13.2. The van der Waals surface area contributed by atoms with Crippen molar-refractivity contribution in [1.29, 1.82) is 0 Å². The molecule has 0 bridgehead atoms. The van der Waals surface area contributed by atoms with Crippen LogP contribution in [0.2, 0.25) is 5.02 Å². The van der Waals surface area contributed by atoms with Gasteiger partial charge in [-0.3, -0.25) is 18.7 Å². The first-order chi connectivity index (χ1) is 16.9. The Hall–Kier alpha value is -3.06. The van der Waals surface area contributed by atoms with Crippen LogP contribution in [0, 0.1) is 11.8 Å². The van der Waals surface area contributed by atoms with Crippen LogP contribution < -0.4 is 21.5 Å². The number of nitrogens with one attached hydrogen (secondary N) is 1. The quantitative estimate of drug-likeness (QED) is 0.559. The molecular weight excluding hydrogens is 472 g/mol. The number of aromatic nitrogens is 2. The number of nitrogens with zero attached hydrogens (tertiary/aromatic N) is 3. The van der Waals surface area contributed by atoms with Crippen molar-refractivity contribution in [1.82, 2.24) is 9.13 Å². The summed E-state index contributed by atoms with van der Waals surface area (Å²) in [5.74, 6) is 6.91. The van der Waals surface area contributed by atoms with Gasteiger partial charge >= 0.3 is 5.69 Å². The van der Waals surface area contributed by atoms with E-state index in [0.29, 0.717) is 55.2 Å². The number of carbonyl (C=O) groups excluding carboxylic acids is 1. The van der Waals surface area contributed by atoms with Crippen LogP contribution in [0.1, 0.15) is 37.7 Å². The zero-order valence-electron chi connectivity index (χ0n) is 19.6. The normalized spacial score (nSPS) is 17.6. The van der Waals surface area contributed by atoms with Gasteiger partial charge < -0.3 is 20.1 Å². The lowest BCUT2D eigenvalue weighted by Gasteiger charge is -2.24. The van der Waals surface area contributed by atoms with Gasteiger partial charge in [-0.1, -0.05) is 35.6 Å². The predicted octanol–water partition coefficient (Wildman–Crippen LogP) is 1.87. The number of aliphatic hydroxyl groups is 1. The number of rotatable bonds is 7. The summed E-state index contributed by atoms with van der Waals surface area (Å²) in [7, 11) is 1.62. The number of hydrogen-bond donors (Lipinski definition) is 2. The van der Waals surface area contributed by atoms with Gasteiger partial charge in [0, 0.05) is 44.6 Å². The number of benzene rings is 1. The van der Waals surface area contributed by atoms with Gasteiger partial charge in [0.05, 0.1) is 6.10 Å². The first-order valence-corrected chi connectivity index (χ1v) is 12.1. The van der Waals surface area contributed by atoms with Crippen molar-refractivity contribution >= 4 is 28.9 Å². The molecule has 0 radical (unpaired) electrons. The zero-order valence-corrected chi connectivity index (χ0v) is 20.4. The summed E-state index contributed by atoms with van der Waals surface area (Å²) in [4.78, 5) is 39.4. The molecule has 1 saturated carbocycles. The van der Waals surface area contributed by atoms with Gasteiger partial charge in [0.15, 0.2) is 6.17 Å². The summed E-state index contributed by atoms with van der Waals surface area (Å²) < 4.78 is 8.40. The molecule has 1 atom stereocenters. The average Bonchev–Trinajstić information content (AvgIpc) is 3.21. The van der Waals surface area contributed by atoms with Crippen molar-refractivity contribution in [3.63, 3.8) is 0 Å². The van der Waals surface area contributed by atoms with Gasteiger partial charge in [-0.05, 0) is 37.0 Å². The van der Waals surface area contributed by atoms with E-state index in [1.54, 1.807) is 19.2 Å². The van der Waals surface area contributed by atoms with E-state index in [1.165, 1.54) is 4.57 Å². The maximum atomic E-state index is 13.2. The molecule has 2 heterocycles. The second-order valence-corrected chi connectivity index (χ2v) is 9.18. The lowest BCUT2D eigenvalue weighted by molar-refractivity contribution is -0.122. The van der Waals surface area contributed by atoms with Gasteiger partial charge in [-0.15, -0.1) is 0 Å². The summed E-state index contributed by atoms with van der Waals surface area (Å²) in [6.45, 7) is 0.617. The van der Waals surface area contributed by atoms with E-state index in [0.717, 1.165) is 10.1 Å². The molecular formula is C25H29ClN4O5. The fourth-order valence-corrected chi connectivity index (χ4v) is 4.55. The molecule has 1 aliphatic carbocycles. The molecule has 1 aromatic carbocycles. The Morgan fingerprint density at radius 2 is 1.89 bits per heavy atom. The molecule has 10 heteroatoms. The molecule has 1 aromatic heterocycles. The molecule has 186 valence electrons. The lowest BCUT2D eigenvalue weighted by Crippen LogP contribution is -2.41. The minimum atomic E-state index is -0.552. The Kier molecular flexibility index (Phi) is 7.96. The van der Waals surface area contributed by atoms with Crippen LogP contribution >= 0.6 is 11.6 Å².